The number of aryl methyl sites for hydroxylation is 1. The predicted molar refractivity (Wildman–Crippen MR) is 157 cm³/mol. The molecule has 10 nitrogen and oxygen atoms in total. The van der Waals surface area contributed by atoms with Crippen LogP contribution >= 0.6 is 0 Å². The normalized spacial score (nSPS) is 19.4. The number of aromatic carboxylic acids is 1. The minimum atomic E-state index is -1.29. The first-order valence-corrected chi connectivity index (χ1v) is 13.7. The lowest BCUT2D eigenvalue weighted by molar-refractivity contribution is 0.0695. The second-order valence-electron chi connectivity index (χ2n) is 11.2. The van der Waals surface area contributed by atoms with E-state index in [2.05, 4.69) is 32.1 Å². The lowest BCUT2D eigenvalue weighted by Crippen LogP contribution is -2.42. The zero-order chi connectivity index (χ0) is 28.6. The van der Waals surface area contributed by atoms with Crippen LogP contribution in [0.4, 0.5) is 15.8 Å². The molecule has 5 aromatic rings. The van der Waals surface area contributed by atoms with Crippen molar-refractivity contribution < 1.29 is 14.3 Å². The zero-order valence-electron chi connectivity index (χ0n) is 23.0. The van der Waals surface area contributed by atoms with Crippen molar-refractivity contribution in [2.24, 2.45) is 13.0 Å². The van der Waals surface area contributed by atoms with Crippen LogP contribution in [0.2, 0.25) is 0 Å². The molecule has 2 saturated heterocycles. The van der Waals surface area contributed by atoms with E-state index >= 15 is 0 Å². The van der Waals surface area contributed by atoms with E-state index in [1.807, 2.05) is 0 Å². The number of nitrogens with one attached hydrogen (secondary N) is 2. The number of rotatable bonds is 4. The summed E-state index contributed by atoms with van der Waals surface area (Å²) < 4.78 is 16.4. The number of carbonyl (C=O) groups is 1. The predicted octanol–water partition coefficient (Wildman–Crippen LogP) is 4.04. The van der Waals surface area contributed by atoms with Crippen LogP contribution in [-0.4, -0.2) is 75.3 Å². The Labute approximate surface area is 234 Å². The van der Waals surface area contributed by atoms with E-state index in [-0.39, 0.29) is 16.8 Å². The first-order valence-electron chi connectivity index (χ1n) is 13.7. The van der Waals surface area contributed by atoms with Crippen molar-refractivity contribution in [3.63, 3.8) is 0 Å². The molecule has 0 saturated carbocycles. The Morgan fingerprint density at radius 3 is 2.73 bits per heavy atom. The van der Waals surface area contributed by atoms with Crippen molar-refractivity contribution in [3.05, 3.63) is 58.4 Å². The Bertz CT molecular complexity index is 1950. The lowest BCUT2D eigenvalue weighted by Gasteiger charge is -2.33. The molecule has 6 heterocycles. The first kappa shape index (κ1) is 25.5. The minimum Gasteiger partial charge on any atom is -0.477 e. The molecule has 210 valence electrons. The third-order valence-electron chi connectivity index (χ3n) is 8.87. The number of likely N-dealkylation sites (N-methyl/N-ethyl adjacent to an activating group) is 1. The van der Waals surface area contributed by atoms with E-state index in [9.17, 15) is 19.1 Å². The van der Waals surface area contributed by atoms with Gasteiger partial charge in [0.05, 0.1) is 27.7 Å². The quantitative estimate of drug-likeness (QED) is 0.304. The molecule has 0 radical (unpaired) electrons. The monoisotopic (exact) mass is 555 g/mol. The average Bonchev–Trinajstić information content (AvgIpc) is 3.56. The number of hydrogen-bond donors (Lipinski definition) is 3. The third-order valence-corrected chi connectivity index (χ3v) is 8.87. The second-order valence-corrected chi connectivity index (χ2v) is 11.2. The highest BCUT2D eigenvalue weighted by atomic mass is 19.1. The molecule has 0 unspecified atom stereocenters. The summed E-state index contributed by atoms with van der Waals surface area (Å²) in [5.74, 6) is -1.14. The summed E-state index contributed by atoms with van der Waals surface area (Å²) in [5.41, 5.74) is 3.84. The summed E-state index contributed by atoms with van der Waals surface area (Å²) in [6.45, 7) is 2.70. The van der Waals surface area contributed by atoms with Crippen LogP contribution in [-0.2, 0) is 7.05 Å². The molecule has 0 amide bonds. The molecule has 2 aliphatic heterocycles. The van der Waals surface area contributed by atoms with Gasteiger partial charge in [-0.15, -0.1) is 0 Å². The molecule has 7 rings (SSSR count). The molecule has 0 aliphatic carbocycles. The van der Waals surface area contributed by atoms with Gasteiger partial charge in [0.2, 0.25) is 5.43 Å². The van der Waals surface area contributed by atoms with Crippen molar-refractivity contribution >= 4 is 50.3 Å². The molecule has 4 aromatic heterocycles. The van der Waals surface area contributed by atoms with Gasteiger partial charge < -0.3 is 29.8 Å². The Hall–Kier alpha value is -4.51. The van der Waals surface area contributed by atoms with Gasteiger partial charge >= 0.3 is 5.97 Å². The van der Waals surface area contributed by atoms with Gasteiger partial charge in [-0.1, -0.05) is 0 Å². The minimum absolute atomic E-state index is 0.216. The van der Waals surface area contributed by atoms with Crippen LogP contribution in [0.3, 0.4) is 0 Å². The highest BCUT2D eigenvalue weighted by Crippen LogP contribution is 2.45. The zero-order valence-corrected chi connectivity index (χ0v) is 23.0. The van der Waals surface area contributed by atoms with Gasteiger partial charge in [0.1, 0.15) is 22.7 Å². The molecule has 41 heavy (non-hydrogen) atoms. The number of piperidine rings is 1. The fourth-order valence-electron chi connectivity index (χ4n) is 6.90. The summed E-state index contributed by atoms with van der Waals surface area (Å²) in [5, 5.41) is 14.4. The van der Waals surface area contributed by atoms with Crippen LogP contribution in [0, 0.1) is 11.7 Å². The topological polar surface area (TPSA) is 119 Å². The number of hydrogen-bond acceptors (Lipinski definition) is 7. The molecule has 3 N–H and O–H groups in total. The van der Waals surface area contributed by atoms with Gasteiger partial charge in [0.15, 0.2) is 0 Å². The highest BCUT2D eigenvalue weighted by Gasteiger charge is 2.39. The van der Waals surface area contributed by atoms with E-state index in [1.54, 1.807) is 37.1 Å². The number of pyridine rings is 3. The van der Waals surface area contributed by atoms with Crippen LogP contribution < -0.4 is 15.6 Å². The molecule has 2 aliphatic rings. The van der Waals surface area contributed by atoms with Crippen molar-refractivity contribution in [3.8, 4) is 11.1 Å². The Morgan fingerprint density at radius 1 is 1.15 bits per heavy atom. The lowest BCUT2D eigenvalue weighted by atomic mass is 9.93. The maximum absolute atomic E-state index is 14.9. The van der Waals surface area contributed by atoms with Gasteiger partial charge in [0.25, 0.3) is 0 Å². The number of carboxylic acids is 1. The van der Waals surface area contributed by atoms with Crippen molar-refractivity contribution in [1.29, 1.82) is 0 Å². The van der Waals surface area contributed by atoms with E-state index in [0.29, 0.717) is 34.5 Å². The Balaban J connectivity index is 1.52. The van der Waals surface area contributed by atoms with Crippen LogP contribution in [0.1, 0.15) is 23.2 Å². The molecular weight excluding hydrogens is 525 g/mol. The number of aromatic amines is 1. The van der Waals surface area contributed by atoms with Crippen LogP contribution in [0.5, 0.6) is 0 Å². The molecule has 0 bridgehead atoms. The maximum Gasteiger partial charge on any atom is 0.341 e. The number of aromatic nitrogens is 4. The number of anilines is 2. The first-order chi connectivity index (χ1) is 19.7. The molecule has 2 atom stereocenters. The smallest absolute Gasteiger partial charge is 0.341 e. The maximum atomic E-state index is 14.9. The van der Waals surface area contributed by atoms with Gasteiger partial charge in [-0.2, -0.15) is 0 Å². The fourth-order valence-corrected chi connectivity index (χ4v) is 6.90. The standard InChI is InChI=1S/C30H30FN7O3/c1-32-22-9-17(31)8-18-24-26(38-12-15-5-4-6-36(2)23(15)14-38)20(11-33-28(24)35-25(18)22)16-7-19-27(39)21(30(40)41)13-37(3)29(19)34-10-16/h7-11,13,15,23,32H,4-6,12,14H2,1-3H3,(H,33,35)(H,40,41)/t15-,23+/m0/s1. The Morgan fingerprint density at radius 2 is 1.98 bits per heavy atom. The van der Waals surface area contributed by atoms with E-state index in [1.165, 1.54) is 18.3 Å². The second kappa shape index (κ2) is 9.27. The van der Waals surface area contributed by atoms with Gasteiger partial charge in [-0.3, -0.25) is 4.79 Å². The summed E-state index contributed by atoms with van der Waals surface area (Å²) in [7, 11) is 5.60. The molecular formula is C30H30FN7O3. The van der Waals surface area contributed by atoms with E-state index < -0.39 is 11.4 Å². The summed E-state index contributed by atoms with van der Waals surface area (Å²) in [4.78, 5) is 42.5. The third kappa shape index (κ3) is 3.86. The SMILES string of the molecule is CNc1cc(F)cc2c1[nH]c1ncc(-c3cnc4c(c3)c(=O)c(C(=O)O)cn4C)c(N3C[C@@H]4CCCN(C)[C@@H]4C3)c12. The van der Waals surface area contributed by atoms with Gasteiger partial charge in [0, 0.05) is 68.3 Å². The molecule has 0 spiro atoms. The van der Waals surface area contributed by atoms with Gasteiger partial charge in [-0.25, -0.2) is 19.2 Å². The van der Waals surface area contributed by atoms with Gasteiger partial charge in [-0.05, 0) is 50.6 Å². The van der Waals surface area contributed by atoms with Crippen LogP contribution in [0.25, 0.3) is 44.1 Å². The average molecular weight is 556 g/mol. The van der Waals surface area contributed by atoms with Crippen LogP contribution in [0.15, 0.2) is 41.6 Å². The van der Waals surface area contributed by atoms with E-state index in [4.69, 9.17) is 4.98 Å². The number of benzene rings is 1. The Kier molecular flexibility index (Phi) is 5.75. The number of halogens is 1. The van der Waals surface area contributed by atoms with Crippen molar-refractivity contribution in [2.75, 3.05) is 43.9 Å². The number of nitrogens with zero attached hydrogens (tertiary/aromatic N) is 5. The molecule has 1 aromatic carbocycles. The number of likely N-dealkylation sites (tertiary alicyclic amines) is 1. The number of carboxylic acid groups (broad SMARTS) is 1. The molecule has 2 fully saturated rings. The van der Waals surface area contributed by atoms with E-state index in [0.717, 1.165) is 60.0 Å². The van der Waals surface area contributed by atoms with Crippen molar-refractivity contribution in [1.82, 2.24) is 24.4 Å². The molecule has 11 heteroatoms. The summed E-state index contributed by atoms with van der Waals surface area (Å²) in [6.07, 6.45) is 7.05. The number of fused-ring (bicyclic) bond motifs is 5. The number of H-pyrrole nitrogens is 1. The largest absolute Gasteiger partial charge is 0.477 e. The fraction of sp³-hybridized carbons (Fsp3) is 0.333. The van der Waals surface area contributed by atoms with Crippen molar-refractivity contribution in [2.45, 2.75) is 18.9 Å². The summed E-state index contributed by atoms with van der Waals surface area (Å²) in [6, 6.07) is 5.09. The summed E-state index contributed by atoms with van der Waals surface area (Å²) >= 11 is 0. The highest BCUT2D eigenvalue weighted by molar-refractivity contribution is 6.18.